The third kappa shape index (κ3) is 10.6. The third-order valence-electron chi connectivity index (χ3n) is 7.36. The van der Waals surface area contributed by atoms with Gasteiger partial charge in [0.05, 0.1) is 16.4 Å². The van der Waals surface area contributed by atoms with Crippen LogP contribution in [0.4, 0.5) is 0 Å². The van der Waals surface area contributed by atoms with Crippen LogP contribution in [0.3, 0.4) is 0 Å². The summed E-state index contributed by atoms with van der Waals surface area (Å²) in [5, 5.41) is 9.39. The summed E-state index contributed by atoms with van der Waals surface area (Å²) in [4.78, 5) is 39.6. The highest BCUT2D eigenvalue weighted by atomic mass is 32.2. The molecular weight excluding hydrogens is 584 g/mol. The topological polar surface area (TPSA) is 202 Å². The molecule has 0 bridgehead atoms. The molecule has 44 heavy (non-hydrogen) atoms. The van der Waals surface area contributed by atoms with E-state index in [1.54, 1.807) is 17.6 Å². The summed E-state index contributed by atoms with van der Waals surface area (Å²) in [6, 6.07) is 15.6. The van der Waals surface area contributed by atoms with E-state index in [2.05, 4.69) is 5.43 Å². The lowest BCUT2D eigenvalue weighted by Gasteiger charge is -2.42. The van der Waals surface area contributed by atoms with Gasteiger partial charge in [-0.25, -0.2) is 11.3 Å². The van der Waals surface area contributed by atoms with Gasteiger partial charge in [-0.15, -0.1) is 0 Å². The first kappa shape index (κ1) is 38.6. The molecule has 0 heterocycles. The second-order valence-electron chi connectivity index (χ2n) is 12.5. The second-order valence-corrected chi connectivity index (χ2v) is 13.9. The van der Waals surface area contributed by atoms with Gasteiger partial charge in [-0.3, -0.25) is 29.6 Å². The zero-order chi connectivity index (χ0) is 33.9. The number of hydrogen-bond donors (Lipinski definition) is 6. The molecule has 1 unspecified atom stereocenters. The highest BCUT2D eigenvalue weighted by molar-refractivity contribution is 7.85. The Kier molecular flexibility index (Phi) is 14.1. The molecule has 8 N–H and O–H groups in total. The molecule has 244 valence electrons. The van der Waals surface area contributed by atoms with Gasteiger partial charge >= 0.3 is 0 Å². The molecule has 0 spiro atoms. The first-order valence-corrected chi connectivity index (χ1v) is 15.8. The van der Waals surface area contributed by atoms with Crippen LogP contribution in [0.1, 0.15) is 78.4 Å². The standard InChI is InChI=1S/C25H40N4O4.C7H8O3S/c1-7-15-25(22(32)28-27,16-23(3,4)5)21(31)24(6,26)19(20(30)29-33)14-13-17(2)18-11-9-8-10-12-18;1-6-2-4-7(5-3-6)11(8,9)10/h8-13,19,33H,7,14-16,26-27H2,1-6H3,(H,28,32)(H,29,30);2-5H,1H3,(H,8,9,10)/b17-13+;/t19-,24-,25?;/m1./s1. The highest BCUT2D eigenvalue weighted by Gasteiger charge is 2.55. The van der Waals surface area contributed by atoms with E-state index in [1.807, 2.05) is 78.0 Å². The number of rotatable bonds is 12. The predicted molar refractivity (Wildman–Crippen MR) is 170 cm³/mol. The number of allylic oxidation sites excluding steroid dienone is 2. The lowest BCUT2D eigenvalue weighted by molar-refractivity contribution is -0.153. The van der Waals surface area contributed by atoms with E-state index in [1.165, 1.54) is 19.1 Å². The Balaban J connectivity index is 0.000000733. The van der Waals surface area contributed by atoms with Crippen molar-refractivity contribution in [3.63, 3.8) is 0 Å². The van der Waals surface area contributed by atoms with Crippen molar-refractivity contribution in [2.24, 2.45) is 28.3 Å². The minimum atomic E-state index is -4.02. The highest BCUT2D eigenvalue weighted by Crippen LogP contribution is 2.42. The summed E-state index contributed by atoms with van der Waals surface area (Å²) in [7, 11) is -4.02. The minimum absolute atomic E-state index is 0.0666. The maximum Gasteiger partial charge on any atom is 0.294 e. The van der Waals surface area contributed by atoms with Gasteiger partial charge in [0.15, 0.2) is 5.78 Å². The Hall–Kier alpha value is -3.42. The van der Waals surface area contributed by atoms with Crippen LogP contribution in [0.5, 0.6) is 0 Å². The number of amides is 2. The number of benzene rings is 2. The first-order valence-electron chi connectivity index (χ1n) is 14.3. The Labute approximate surface area is 261 Å². The molecule has 0 fully saturated rings. The van der Waals surface area contributed by atoms with Crippen molar-refractivity contribution in [1.82, 2.24) is 10.9 Å². The van der Waals surface area contributed by atoms with Gasteiger partial charge in [0.2, 0.25) is 11.8 Å². The van der Waals surface area contributed by atoms with Crippen molar-refractivity contribution in [1.29, 1.82) is 0 Å². The maximum absolute atomic E-state index is 14.0. The molecule has 2 amide bonds. The minimum Gasteiger partial charge on any atom is -0.318 e. The van der Waals surface area contributed by atoms with E-state index in [-0.39, 0.29) is 24.2 Å². The molecule has 0 radical (unpaired) electrons. The van der Waals surface area contributed by atoms with Crippen molar-refractivity contribution in [2.45, 2.75) is 84.6 Å². The van der Waals surface area contributed by atoms with Gasteiger partial charge in [-0.05, 0) is 68.7 Å². The summed E-state index contributed by atoms with van der Waals surface area (Å²) >= 11 is 0. The van der Waals surface area contributed by atoms with Crippen molar-refractivity contribution >= 4 is 33.3 Å². The van der Waals surface area contributed by atoms with E-state index < -0.39 is 50.0 Å². The van der Waals surface area contributed by atoms with Crippen molar-refractivity contribution in [3.8, 4) is 0 Å². The van der Waals surface area contributed by atoms with Crippen LogP contribution >= 0.6 is 0 Å². The zero-order valence-electron chi connectivity index (χ0n) is 26.7. The summed E-state index contributed by atoms with van der Waals surface area (Å²) in [6.45, 7) is 12.8. The number of Topliss-reactive ketones (excluding diaryl/α,β-unsaturated/α-hetero) is 1. The largest absolute Gasteiger partial charge is 0.318 e. The van der Waals surface area contributed by atoms with Gasteiger partial charge in [-0.2, -0.15) is 8.42 Å². The van der Waals surface area contributed by atoms with E-state index in [9.17, 15) is 28.0 Å². The SMILES string of the molecule is CCCC(CC(C)(C)C)(C(=O)NN)C(=O)[C@](C)(N)[C@H](C/C=C(\C)c1ccccc1)C(=O)NO.Cc1ccc(S(=O)(=O)O)cc1. The summed E-state index contributed by atoms with van der Waals surface area (Å²) in [6.07, 6.45) is 2.87. The molecule has 0 aromatic heterocycles. The van der Waals surface area contributed by atoms with Gasteiger partial charge in [-0.1, -0.05) is 88.2 Å². The van der Waals surface area contributed by atoms with Crippen LogP contribution in [-0.4, -0.2) is 41.3 Å². The van der Waals surface area contributed by atoms with Crippen molar-refractivity contribution in [2.75, 3.05) is 0 Å². The molecule has 2 aromatic carbocycles. The third-order valence-corrected chi connectivity index (χ3v) is 8.22. The molecule has 0 saturated heterocycles. The van der Waals surface area contributed by atoms with Gasteiger partial charge in [0.25, 0.3) is 10.1 Å². The monoisotopic (exact) mass is 632 g/mol. The predicted octanol–water partition coefficient (Wildman–Crippen LogP) is 4.34. The van der Waals surface area contributed by atoms with Crippen LogP contribution in [0.15, 0.2) is 65.6 Å². The van der Waals surface area contributed by atoms with Crippen LogP contribution in [-0.2, 0) is 24.5 Å². The number of aryl methyl sites for hydroxylation is 1. The Morgan fingerprint density at radius 2 is 1.55 bits per heavy atom. The van der Waals surface area contributed by atoms with Crippen LogP contribution in [0, 0.1) is 23.7 Å². The fourth-order valence-corrected chi connectivity index (χ4v) is 5.73. The van der Waals surface area contributed by atoms with E-state index in [0.717, 1.165) is 16.7 Å². The van der Waals surface area contributed by atoms with Crippen molar-refractivity contribution in [3.05, 3.63) is 71.8 Å². The molecule has 0 saturated carbocycles. The number of nitrogens with one attached hydrogen (secondary N) is 2. The lowest BCUT2D eigenvalue weighted by atomic mass is 9.61. The van der Waals surface area contributed by atoms with Crippen molar-refractivity contribution < 1.29 is 32.6 Å². The molecule has 2 rings (SSSR count). The number of hydroxylamine groups is 1. The van der Waals surface area contributed by atoms with Crippen LogP contribution in [0.25, 0.3) is 5.57 Å². The number of ketones is 1. The number of hydrazine groups is 1. The van der Waals surface area contributed by atoms with Crippen LogP contribution < -0.4 is 22.5 Å². The maximum atomic E-state index is 14.0. The van der Waals surface area contributed by atoms with E-state index in [0.29, 0.717) is 6.42 Å². The fourth-order valence-electron chi connectivity index (χ4n) is 5.25. The summed E-state index contributed by atoms with van der Waals surface area (Å²) in [5.41, 5.74) is 9.48. The molecule has 0 aliphatic carbocycles. The van der Waals surface area contributed by atoms with E-state index >= 15 is 0 Å². The molecule has 12 heteroatoms. The molecule has 11 nitrogen and oxygen atoms in total. The zero-order valence-corrected chi connectivity index (χ0v) is 27.5. The Morgan fingerprint density at radius 3 is 1.98 bits per heavy atom. The first-order chi connectivity index (χ1) is 20.3. The number of nitrogens with two attached hydrogens (primary N) is 2. The normalized spacial score (nSPS) is 15.5. The molecule has 0 aliphatic rings. The smallest absolute Gasteiger partial charge is 0.294 e. The lowest BCUT2D eigenvalue weighted by Crippen LogP contribution is -2.64. The average Bonchev–Trinajstić information content (AvgIpc) is 2.95. The quantitative estimate of drug-likeness (QED) is 0.0491. The van der Waals surface area contributed by atoms with Gasteiger partial charge in [0.1, 0.15) is 5.41 Å². The second kappa shape index (κ2) is 16.1. The molecular formula is C32H48N4O7S. The summed E-state index contributed by atoms with van der Waals surface area (Å²) in [5.74, 6) is 2.38. The van der Waals surface area contributed by atoms with E-state index in [4.69, 9.17) is 16.1 Å². The molecule has 0 aliphatic heterocycles. The number of carbonyl (C=O) groups is 3. The van der Waals surface area contributed by atoms with Gasteiger partial charge < -0.3 is 5.73 Å². The van der Waals surface area contributed by atoms with Crippen LogP contribution in [0.2, 0.25) is 0 Å². The fraction of sp³-hybridized carbons (Fsp3) is 0.469. The number of hydrogen-bond acceptors (Lipinski definition) is 8. The van der Waals surface area contributed by atoms with Gasteiger partial charge in [0, 0.05) is 0 Å². The average molecular weight is 633 g/mol. The summed E-state index contributed by atoms with van der Waals surface area (Å²) < 4.78 is 29.6. The molecule has 2 aromatic rings. The Morgan fingerprint density at radius 1 is 1.00 bits per heavy atom. The molecule has 3 atom stereocenters. The number of carbonyl (C=O) groups excluding carboxylic acids is 3. The Bertz CT molecular complexity index is 1400.